The van der Waals surface area contributed by atoms with Crippen LogP contribution >= 0.6 is 0 Å². The van der Waals surface area contributed by atoms with Crippen molar-refractivity contribution >= 4 is 39.2 Å². The third kappa shape index (κ3) is 15.0. The number of methoxy groups -OCH3 is 2. The van der Waals surface area contributed by atoms with Crippen molar-refractivity contribution in [3.8, 4) is 0 Å². The molecule has 2 aliphatic rings. The van der Waals surface area contributed by atoms with Gasteiger partial charge in [-0.1, -0.05) is 60.7 Å². The average molecular weight is 664 g/mol. The summed E-state index contributed by atoms with van der Waals surface area (Å²) in [6.07, 6.45) is 14.7. The van der Waals surface area contributed by atoms with Crippen molar-refractivity contribution < 1.29 is 29.3 Å². The summed E-state index contributed by atoms with van der Waals surface area (Å²) in [5.41, 5.74) is 6.21. The van der Waals surface area contributed by atoms with Gasteiger partial charge in [-0.05, 0) is 47.6 Å². The third-order valence-corrected chi connectivity index (χ3v) is 3.87. The number of rotatable bonds is 4. The number of carboxylic acids is 2. The van der Waals surface area contributed by atoms with Crippen LogP contribution in [0.25, 0.3) is 0 Å². The van der Waals surface area contributed by atoms with Gasteiger partial charge in [0.1, 0.15) is 11.5 Å². The molecular weight excluding hydrogens is 640 g/mol. The molecule has 0 bridgehead atoms. The van der Waals surface area contributed by atoms with Gasteiger partial charge < -0.3 is 29.3 Å². The molecule has 0 atom stereocenters. The number of carbonyl (C=O) groups is 2. The normalized spacial score (nSPS) is 11.8. The Hall–Kier alpha value is -3.58. The van der Waals surface area contributed by atoms with Gasteiger partial charge in [-0.15, -0.1) is 11.5 Å². The van der Waals surface area contributed by atoms with Gasteiger partial charge in [0.25, 0.3) is 0 Å². The minimum absolute atomic E-state index is 0. The number of benzene rings is 2. The summed E-state index contributed by atoms with van der Waals surface area (Å²) in [7, 11) is 3.30. The molecule has 7 heteroatoms. The zero-order valence-electron chi connectivity index (χ0n) is 19.3. The molecule has 0 saturated carbocycles. The summed E-state index contributed by atoms with van der Waals surface area (Å²) in [6.45, 7) is 0. The first-order chi connectivity index (χ1) is 16.5. The zero-order valence-corrected chi connectivity index (χ0v) is 23.2. The molecule has 176 valence electrons. The summed E-state index contributed by atoms with van der Waals surface area (Å²) < 4.78 is 9.79. The maximum absolute atomic E-state index is 10.1. The zero-order chi connectivity index (χ0) is 25.0. The quantitative estimate of drug-likeness (QED) is 0.369. The SMILES string of the molecule is COC1=CC=C=C[CH]1.COC1=CC=C=C[CH]1.O=C([O-])c1ccccc1.O=C([O-])c1ccccc1.[Pb+2]. The molecule has 6 nitrogen and oxygen atoms in total. The molecule has 0 fully saturated rings. The number of allylic oxidation sites excluding steroid dienone is 4. The van der Waals surface area contributed by atoms with Crippen molar-refractivity contribution in [3.05, 3.63) is 144 Å². The van der Waals surface area contributed by atoms with E-state index in [1.807, 2.05) is 49.3 Å². The molecule has 0 heterocycles. The van der Waals surface area contributed by atoms with E-state index in [4.69, 9.17) is 9.47 Å². The van der Waals surface area contributed by atoms with Crippen LogP contribution in [0.2, 0.25) is 0 Å². The van der Waals surface area contributed by atoms with Crippen LogP contribution in [-0.2, 0) is 9.47 Å². The van der Waals surface area contributed by atoms with Crippen LogP contribution in [0.4, 0.5) is 0 Å². The fraction of sp³-hybridized carbons (Fsp3) is 0.0714. The number of hydrogen-bond acceptors (Lipinski definition) is 6. The smallest absolute Gasteiger partial charge is 0.545 e. The molecule has 2 aliphatic carbocycles. The number of hydrogen-bond donors (Lipinski definition) is 0. The van der Waals surface area contributed by atoms with Crippen LogP contribution in [0, 0.1) is 12.8 Å². The van der Waals surface area contributed by atoms with Gasteiger partial charge in [0.15, 0.2) is 0 Å². The molecular formula is C28H24O6Pb. The Morgan fingerprint density at radius 1 is 0.629 bits per heavy atom. The summed E-state index contributed by atoms with van der Waals surface area (Å²) in [6, 6.07) is 16.1. The number of carboxylic acid groups (broad SMARTS) is 2. The van der Waals surface area contributed by atoms with Gasteiger partial charge in [0.2, 0.25) is 0 Å². The number of carbonyl (C=O) groups excluding carboxylic acids is 2. The first-order valence-corrected chi connectivity index (χ1v) is 10.0. The van der Waals surface area contributed by atoms with E-state index in [-0.39, 0.29) is 38.4 Å². The van der Waals surface area contributed by atoms with Gasteiger partial charge in [0.05, 0.1) is 39.0 Å². The standard InChI is InChI=1S/2C7H6O2.2C7H7O.Pb/c2*8-7(9)6-4-2-1-3-5-6;2*1-8-7-5-3-2-4-6-7;/h2*1-5H,(H,8,9);2*3-6H,1H3;/q;;;;+2/p-2. The van der Waals surface area contributed by atoms with Gasteiger partial charge in [0, 0.05) is 0 Å². The fourth-order valence-corrected chi connectivity index (χ4v) is 2.16. The molecule has 4 rings (SSSR count). The Balaban J connectivity index is 0.000000437. The van der Waals surface area contributed by atoms with E-state index >= 15 is 0 Å². The van der Waals surface area contributed by atoms with Crippen LogP contribution in [0.15, 0.2) is 120 Å². The summed E-state index contributed by atoms with van der Waals surface area (Å²) >= 11 is 0. The van der Waals surface area contributed by atoms with Crippen molar-refractivity contribution in [1.82, 2.24) is 0 Å². The van der Waals surface area contributed by atoms with E-state index in [1.165, 1.54) is 24.3 Å². The molecule has 0 saturated heterocycles. The molecule has 0 aromatic heterocycles. The Morgan fingerprint density at radius 2 is 0.971 bits per heavy atom. The van der Waals surface area contributed by atoms with Crippen LogP contribution in [0.1, 0.15) is 20.7 Å². The van der Waals surface area contributed by atoms with E-state index in [1.54, 1.807) is 50.6 Å². The summed E-state index contributed by atoms with van der Waals surface area (Å²) in [5.74, 6) is -0.501. The van der Waals surface area contributed by atoms with E-state index < -0.39 is 11.9 Å². The first kappa shape index (κ1) is 31.4. The Kier molecular flexibility index (Phi) is 17.8. The topological polar surface area (TPSA) is 98.7 Å². The fourth-order valence-electron chi connectivity index (χ4n) is 2.16. The number of ether oxygens (including phenoxy) is 2. The van der Waals surface area contributed by atoms with Gasteiger partial charge >= 0.3 is 27.3 Å². The van der Waals surface area contributed by atoms with E-state index in [9.17, 15) is 19.8 Å². The van der Waals surface area contributed by atoms with E-state index in [0.29, 0.717) is 0 Å². The Labute approximate surface area is 226 Å². The minimum Gasteiger partial charge on any atom is -0.545 e. The first-order valence-electron chi connectivity index (χ1n) is 10.0. The minimum atomic E-state index is -1.13. The van der Waals surface area contributed by atoms with E-state index in [2.05, 4.69) is 11.5 Å². The second-order valence-corrected chi connectivity index (χ2v) is 6.19. The van der Waals surface area contributed by atoms with Crippen LogP contribution in [0.5, 0.6) is 0 Å². The largest absolute Gasteiger partial charge is 2.00 e. The maximum atomic E-state index is 10.1. The second kappa shape index (κ2) is 19.9. The average Bonchev–Trinajstić information content (AvgIpc) is 2.91. The van der Waals surface area contributed by atoms with Crippen molar-refractivity contribution in [1.29, 1.82) is 0 Å². The van der Waals surface area contributed by atoms with Gasteiger partial charge in [-0.3, -0.25) is 0 Å². The van der Waals surface area contributed by atoms with E-state index in [0.717, 1.165) is 11.5 Å². The Morgan fingerprint density at radius 3 is 1.14 bits per heavy atom. The van der Waals surface area contributed by atoms with Gasteiger partial charge in [-0.2, -0.15) is 0 Å². The van der Waals surface area contributed by atoms with Crippen LogP contribution in [0.3, 0.4) is 0 Å². The second-order valence-electron chi connectivity index (χ2n) is 6.19. The predicted octanol–water partition coefficient (Wildman–Crippen LogP) is 2.61. The third-order valence-electron chi connectivity index (χ3n) is 3.87. The monoisotopic (exact) mass is 664 g/mol. The maximum Gasteiger partial charge on any atom is 2.00 e. The molecule has 35 heavy (non-hydrogen) atoms. The molecule has 0 aliphatic heterocycles. The van der Waals surface area contributed by atoms with Crippen LogP contribution < -0.4 is 10.2 Å². The number of aromatic carboxylic acids is 2. The van der Waals surface area contributed by atoms with Crippen molar-refractivity contribution in [2.45, 2.75) is 0 Å². The summed E-state index contributed by atoms with van der Waals surface area (Å²) in [5, 5.41) is 20.2. The molecule has 2 aromatic rings. The molecule has 0 N–H and O–H groups in total. The molecule has 0 amide bonds. The molecule has 0 unspecified atom stereocenters. The van der Waals surface area contributed by atoms with Crippen molar-refractivity contribution in [3.63, 3.8) is 0 Å². The molecule has 0 spiro atoms. The van der Waals surface area contributed by atoms with Crippen molar-refractivity contribution in [2.24, 2.45) is 0 Å². The summed E-state index contributed by atoms with van der Waals surface area (Å²) in [4.78, 5) is 20.2. The Bertz CT molecular complexity index is 999. The van der Waals surface area contributed by atoms with Crippen LogP contribution in [-0.4, -0.2) is 53.5 Å². The van der Waals surface area contributed by atoms with Gasteiger partial charge in [-0.25, -0.2) is 0 Å². The molecule has 2 aromatic carbocycles. The molecule has 4 radical (unpaired) electrons. The predicted molar refractivity (Wildman–Crippen MR) is 131 cm³/mol. The van der Waals surface area contributed by atoms with Crippen molar-refractivity contribution in [2.75, 3.05) is 14.2 Å².